The van der Waals surface area contributed by atoms with E-state index in [1.54, 1.807) is 12.1 Å². The Labute approximate surface area is 155 Å². The minimum atomic E-state index is -3.51. The standard InChI is InChI=1S/C16H25N3O4S.ClH/c1-13(20)18-14-3-5-16(6-4-14)24(21,22)19-10-7-15(8-11-19)23-12-2-9-17;/h3-6,15H,2,7-12,17H2,1H3,(H,18,20);1H. The Morgan fingerprint density at radius 3 is 2.40 bits per heavy atom. The zero-order chi connectivity index (χ0) is 17.6. The van der Waals surface area contributed by atoms with Gasteiger partial charge in [0.1, 0.15) is 0 Å². The first-order valence-electron chi connectivity index (χ1n) is 8.13. The molecule has 1 aromatic carbocycles. The molecule has 1 aromatic rings. The lowest BCUT2D eigenvalue weighted by Gasteiger charge is -2.31. The average Bonchev–Trinajstić information content (AvgIpc) is 2.55. The van der Waals surface area contributed by atoms with E-state index in [2.05, 4.69) is 5.32 Å². The Hall–Kier alpha value is -1.19. The molecule has 1 fully saturated rings. The van der Waals surface area contributed by atoms with E-state index in [-0.39, 0.29) is 29.3 Å². The monoisotopic (exact) mass is 391 g/mol. The number of sulfonamides is 1. The van der Waals surface area contributed by atoms with Gasteiger partial charge < -0.3 is 15.8 Å². The van der Waals surface area contributed by atoms with Crippen molar-refractivity contribution in [1.29, 1.82) is 0 Å². The highest BCUT2D eigenvalue weighted by Gasteiger charge is 2.29. The number of piperidine rings is 1. The minimum absolute atomic E-state index is 0. The molecule has 142 valence electrons. The van der Waals surface area contributed by atoms with Crippen molar-refractivity contribution in [2.75, 3.05) is 31.6 Å². The zero-order valence-electron chi connectivity index (χ0n) is 14.3. The van der Waals surface area contributed by atoms with Gasteiger partial charge in [-0.05, 0) is 50.1 Å². The summed E-state index contributed by atoms with van der Waals surface area (Å²) in [5, 5.41) is 2.62. The molecule has 1 amide bonds. The molecule has 1 heterocycles. The van der Waals surface area contributed by atoms with Crippen LogP contribution in [0.1, 0.15) is 26.2 Å². The second-order valence-corrected chi connectivity index (χ2v) is 7.76. The van der Waals surface area contributed by atoms with E-state index in [9.17, 15) is 13.2 Å². The zero-order valence-corrected chi connectivity index (χ0v) is 15.9. The number of nitrogens with one attached hydrogen (secondary N) is 1. The normalized spacial score (nSPS) is 16.2. The molecule has 0 aromatic heterocycles. The largest absolute Gasteiger partial charge is 0.378 e. The first-order chi connectivity index (χ1) is 11.4. The van der Waals surface area contributed by atoms with Gasteiger partial charge in [0.05, 0.1) is 11.0 Å². The minimum Gasteiger partial charge on any atom is -0.378 e. The van der Waals surface area contributed by atoms with Crippen LogP contribution in [-0.4, -0.2) is 51.0 Å². The van der Waals surface area contributed by atoms with Gasteiger partial charge in [0.15, 0.2) is 0 Å². The van der Waals surface area contributed by atoms with Crippen LogP contribution >= 0.6 is 12.4 Å². The van der Waals surface area contributed by atoms with E-state index < -0.39 is 10.0 Å². The predicted octanol–water partition coefficient (Wildman–Crippen LogP) is 1.59. The lowest BCUT2D eigenvalue weighted by Crippen LogP contribution is -2.41. The van der Waals surface area contributed by atoms with E-state index in [1.807, 2.05) is 0 Å². The summed E-state index contributed by atoms with van der Waals surface area (Å²) in [6.07, 6.45) is 2.30. The number of nitrogens with zero attached hydrogens (tertiary/aromatic N) is 1. The Morgan fingerprint density at radius 1 is 1.28 bits per heavy atom. The van der Waals surface area contributed by atoms with Crippen molar-refractivity contribution in [2.24, 2.45) is 5.73 Å². The second kappa shape index (κ2) is 10.1. The third kappa shape index (κ3) is 6.23. The number of benzene rings is 1. The van der Waals surface area contributed by atoms with Gasteiger partial charge in [0.2, 0.25) is 15.9 Å². The number of hydrogen-bond donors (Lipinski definition) is 2. The Kier molecular flexibility index (Phi) is 8.81. The summed E-state index contributed by atoms with van der Waals surface area (Å²) >= 11 is 0. The topological polar surface area (TPSA) is 102 Å². The number of hydrogen-bond acceptors (Lipinski definition) is 5. The van der Waals surface area contributed by atoms with Crippen LogP contribution in [0.25, 0.3) is 0 Å². The molecule has 2 rings (SSSR count). The molecule has 0 radical (unpaired) electrons. The van der Waals surface area contributed by atoms with Gasteiger partial charge in [-0.3, -0.25) is 4.79 Å². The van der Waals surface area contributed by atoms with Crippen molar-refractivity contribution in [3.63, 3.8) is 0 Å². The van der Waals surface area contributed by atoms with Gasteiger partial charge in [-0.15, -0.1) is 12.4 Å². The molecule has 0 atom stereocenters. The van der Waals surface area contributed by atoms with E-state index in [4.69, 9.17) is 10.5 Å². The van der Waals surface area contributed by atoms with Crippen LogP contribution in [-0.2, 0) is 19.6 Å². The first kappa shape index (κ1) is 21.9. The first-order valence-corrected chi connectivity index (χ1v) is 9.57. The number of anilines is 1. The molecule has 0 aliphatic carbocycles. The number of carbonyl (C=O) groups is 1. The summed E-state index contributed by atoms with van der Waals surface area (Å²) in [6, 6.07) is 6.23. The van der Waals surface area contributed by atoms with Gasteiger partial charge in [-0.2, -0.15) is 4.31 Å². The van der Waals surface area contributed by atoms with Crippen LogP contribution in [0.3, 0.4) is 0 Å². The third-order valence-corrected chi connectivity index (χ3v) is 5.83. The van der Waals surface area contributed by atoms with E-state index in [0.29, 0.717) is 44.8 Å². The summed E-state index contributed by atoms with van der Waals surface area (Å²) in [5.74, 6) is -0.192. The van der Waals surface area contributed by atoms with Crippen LogP contribution in [0, 0.1) is 0 Å². The van der Waals surface area contributed by atoms with Crippen molar-refractivity contribution >= 4 is 34.0 Å². The summed E-state index contributed by atoms with van der Waals surface area (Å²) in [5.41, 5.74) is 6.01. The predicted molar refractivity (Wildman–Crippen MR) is 99.4 cm³/mol. The molecule has 25 heavy (non-hydrogen) atoms. The molecule has 3 N–H and O–H groups in total. The van der Waals surface area contributed by atoms with Crippen LogP contribution in [0.15, 0.2) is 29.2 Å². The van der Waals surface area contributed by atoms with E-state index in [1.165, 1.54) is 23.4 Å². The van der Waals surface area contributed by atoms with Crippen molar-refractivity contribution in [1.82, 2.24) is 4.31 Å². The van der Waals surface area contributed by atoms with Gasteiger partial charge in [0, 0.05) is 32.3 Å². The summed E-state index contributed by atoms with van der Waals surface area (Å²) < 4.78 is 32.5. The molecule has 9 heteroatoms. The number of ether oxygens (including phenoxy) is 1. The molecule has 1 aliphatic rings. The number of carbonyl (C=O) groups excluding carboxylic acids is 1. The molecule has 0 unspecified atom stereocenters. The Bertz CT molecular complexity index is 644. The maximum atomic E-state index is 12.7. The molecule has 0 spiro atoms. The van der Waals surface area contributed by atoms with Crippen molar-refractivity contribution in [3.8, 4) is 0 Å². The van der Waals surface area contributed by atoms with Crippen molar-refractivity contribution in [2.45, 2.75) is 37.2 Å². The second-order valence-electron chi connectivity index (χ2n) is 5.82. The summed E-state index contributed by atoms with van der Waals surface area (Å²) in [6.45, 7) is 3.52. The van der Waals surface area contributed by atoms with Crippen LogP contribution < -0.4 is 11.1 Å². The molecule has 1 saturated heterocycles. The van der Waals surface area contributed by atoms with Crippen molar-refractivity contribution < 1.29 is 17.9 Å². The van der Waals surface area contributed by atoms with Gasteiger partial charge >= 0.3 is 0 Å². The number of rotatable bonds is 7. The van der Waals surface area contributed by atoms with Gasteiger partial charge in [0.25, 0.3) is 0 Å². The Morgan fingerprint density at radius 2 is 1.88 bits per heavy atom. The van der Waals surface area contributed by atoms with E-state index >= 15 is 0 Å². The lowest BCUT2D eigenvalue weighted by molar-refractivity contribution is -0.114. The van der Waals surface area contributed by atoms with Crippen LogP contribution in [0.4, 0.5) is 5.69 Å². The maximum absolute atomic E-state index is 12.7. The lowest BCUT2D eigenvalue weighted by atomic mass is 10.1. The quantitative estimate of drug-likeness (QED) is 0.687. The van der Waals surface area contributed by atoms with Crippen molar-refractivity contribution in [3.05, 3.63) is 24.3 Å². The van der Waals surface area contributed by atoms with Crippen LogP contribution in [0.5, 0.6) is 0 Å². The van der Waals surface area contributed by atoms with Crippen LogP contribution in [0.2, 0.25) is 0 Å². The highest BCUT2D eigenvalue weighted by molar-refractivity contribution is 7.89. The average molecular weight is 392 g/mol. The highest BCUT2D eigenvalue weighted by atomic mass is 35.5. The third-order valence-electron chi connectivity index (χ3n) is 3.92. The highest BCUT2D eigenvalue weighted by Crippen LogP contribution is 2.23. The number of amides is 1. The smallest absolute Gasteiger partial charge is 0.243 e. The molecule has 0 bridgehead atoms. The fraction of sp³-hybridized carbons (Fsp3) is 0.562. The Balaban J connectivity index is 0.00000312. The fourth-order valence-electron chi connectivity index (χ4n) is 2.64. The maximum Gasteiger partial charge on any atom is 0.243 e. The SMILES string of the molecule is CC(=O)Nc1ccc(S(=O)(=O)N2CCC(OCCCN)CC2)cc1.Cl. The summed E-state index contributed by atoms with van der Waals surface area (Å²) in [7, 11) is -3.51. The van der Waals surface area contributed by atoms with Gasteiger partial charge in [-0.25, -0.2) is 8.42 Å². The summed E-state index contributed by atoms with van der Waals surface area (Å²) in [4.78, 5) is 11.2. The number of halogens is 1. The number of nitrogens with two attached hydrogens (primary N) is 1. The molecular weight excluding hydrogens is 366 g/mol. The van der Waals surface area contributed by atoms with Gasteiger partial charge in [-0.1, -0.05) is 0 Å². The molecule has 7 nitrogen and oxygen atoms in total. The molecular formula is C16H26ClN3O4S. The fourth-order valence-corrected chi connectivity index (χ4v) is 4.10. The molecule has 0 saturated carbocycles. The molecule has 1 aliphatic heterocycles. The van der Waals surface area contributed by atoms with E-state index in [0.717, 1.165) is 6.42 Å².